The van der Waals surface area contributed by atoms with Gasteiger partial charge < -0.3 is 9.63 Å². The Balaban J connectivity index is 2.77. The molecule has 0 aliphatic rings. The van der Waals surface area contributed by atoms with Gasteiger partial charge in [-0.2, -0.15) is 0 Å². The van der Waals surface area contributed by atoms with E-state index in [-0.39, 0.29) is 0 Å². The number of hydrogen-bond donors (Lipinski definition) is 1. The van der Waals surface area contributed by atoms with Gasteiger partial charge in [0.1, 0.15) is 17.9 Å². The van der Waals surface area contributed by atoms with E-state index in [1.165, 1.54) is 13.2 Å². The Morgan fingerprint density at radius 3 is 3.00 bits per heavy atom. The molecule has 0 saturated heterocycles. The van der Waals surface area contributed by atoms with Crippen molar-refractivity contribution in [1.82, 2.24) is 10.4 Å². The summed E-state index contributed by atoms with van der Waals surface area (Å²) in [6.45, 7) is 1.52. The Labute approximate surface area is 56.6 Å². The molecule has 1 aromatic heterocycles. The van der Waals surface area contributed by atoms with Crippen molar-refractivity contribution in [3.8, 4) is 0 Å². The van der Waals surface area contributed by atoms with Gasteiger partial charge in [-0.25, -0.2) is 0 Å². The van der Waals surface area contributed by atoms with Crippen LogP contribution in [-0.4, -0.2) is 21.4 Å². The fraction of sp³-hybridized carbons (Fsp3) is 0.400. The smallest absolute Gasteiger partial charge is 0.312 e. The minimum atomic E-state index is -0.935. The summed E-state index contributed by atoms with van der Waals surface area (Å²) in [5.41, 5.74) is 0.340. The van der Waals surface area contributed by atoms with Crippen LogP contribution in [-0.2, 0) is 4.79 Å². The second kappa shape index (κ2) is 2.47. The summed E-state index contributed by atoms with van der Waals surface area (Å²) in [4.78, 5) is 10.3. The highest BCUT2D eigenvalue weighted by Crippen LogP contribution is 2.10. The monoisotopic (exact) mass is 142 g/mol. The number of carboxylic acids is 1. The van der Waals surface area contributed by atoms with Crippen molar-refractivity contribution in [3.63, 3.8) is 0 Å². The van der Waals surface area contributed by atoms with Crippen LogP contribution in [0.25, 0.3) is 0 Å². The van der Waals surface area contributed by atoms with Crippen LogP contribution in [0.15, 0.2) is 10.8 Å². The number of aromatic nitrogens is 2. The number of nitrogens with zero attached hydrogens (tertiary/aromatic N) is 2. The molecule has 0 spiro atoms. The van der Waals surface area contributed by atoms with Crippen LogP contribution in [0.1, 0.15) is 18.5 Å². The molecular formula is C5H6N2O3. The Morgan fingerprint density at radius 2 is 2.60 bits per heavy atom. The molecule has 0 fully saturated rings. The summed E-state index contributed by atoms with van der Waals surface area (Å²) in [5.74, 6) is -1.58. The van der Waals surface area contributed by atoms with E-state index in [1.807, 2.05) is 0 Å². The zero-order valence-corrected chi connectivity index (χ0v) is 5.31. The lowest BCUT2D eigenvalue weighted by Gasteiger charge is -1.96. The number of aliphatic carboxylic acids is 1. The average Bonchev–Trinajstić information content (AvgIpc) is 2.36. The highest BCUT2D eigenvalue weighted by Gasteiger charge is 2.16. The van der Waals surface area contributed by atoms with Gasteiger partial charge in [-0.15, -0.1) is 5.10 Å². The minimum absolute atomic E-state index is 0.340. The van der Waals surface area contributed by atoms with Crippen molar-refractivity contribution in [2.75, 3.05) is 0 Å². The highest BCUT2D eigenvalue weighted by atomic mass is 16.5. The number of carbonyl (C=O) groups is 1. The molecule has 0 radical (unpaired) electrons. The first-order chi connectivity index (χ1) is 4.72. The molecule has 10 heavy (non-hydrogen) atoms. The van der Waals surface area contributed by atoms with Crippen LogP contribution in [0.4, 0.5) is 0 Å². The molecule has 1 atom stereocenters. The molecule has 0 bridgehead atoms. The van der Waals surface area contributed by atoms with E-state index >= 15 is 0 Å². The van der Waals surface area contributed by atoms with E-state index in [2.05, 4.69) is 14.9 Å². The van der Waals surface area contributed by atoms with E-state index in [1.54, 1.807) is 0 Å². The molecule has 1 aromatic rings. The van der Waals surface area contributed by atoms with Crippen LogP contribution in [0.3, 0.4) is 0 Å². The van der Waals surface area contributed by atoms with Crippen LogP contribution in [0, 0.1) is 0 Å². The normalized spacial score (nSPS) is 12.9. The molecule has 1 unspecified atom stereocenters. The van der Waals surface area contributed by atoms with Gasteiger partial charge in [0.05, 0.1) is 0 Å². The van der Waals surface area contributed by atoms with Crippen LogP contribution in [0.5, 0.6) is 0 Å². The fourth-order valence-corrected chi connectivity index (χ4v) is 0.487. The zero-order chi connectivity index (χ0) is 7.56. The van der Waals surface area contributed by atoms with Crippen molar-refractivity contribution < 1.29 is 14.4 Å². The summed E-state index contributed by atoms with van der Waals surface area (Å²) in [5, 5.41) is 15.0. The van der Waals surface area contributed by atoms with Gasteiger partial charge in [-0.3, -0.25) is 4.79 Å². The maximum atomic E-state index is 10.3. The summed E-state index contributed by atoms with van der Waals surface area (Å²) in [6.07, 6.45) is 1.22. The number of rotatable bonds is 2. The molecule has 54 valence electrons. The first-order valence-electron chi connectivity index (χ1n) is 2.71. The molecule has 0 aromatic carbocycles. The Bertz CT molecular complexity index is 219. The average molecular weight is 142 g/mol. The molecule has 5 nitrogen and oxygen atoms in total. The molecule has 0 saturated carbocycles. The maximum absolute atomic E-state index is 10.3. The highest BCUT2D eigenvalue weighted by molar-refractivity contribution is 5.74. The molecule has 0 aliphatic carbocycles. The summed E-state index contributed by atoms with van der Waals surface area (Å²) < 4.78 is 4.36. The second-order valence-corrected chi connectivity index (χ2v) is 1.89. The molecule has 5 heteroatoms. The van der Waals surface area contributed by atoms with E-state index in [4.69, 9.17) is 5.11 Å². The summed E-state index contributed by atoms with van der Waals surface area (Å²) >= 11 is 0. The lowest BCUT2D eigenvalue weighted by atomic mass is 10.1. The molecular weight excluding hydrogens is 136 g/mol. The predicted molar refractivity (Wildman–Crippen MR) is 30.3 cm³/mol. The van der Waals surface area contributed by atoms with Crippen LogP contribution in [0.2, 0.25) is 0 Å². The third-order valence-electron chi connectivity index (χ3n) is 1.19. The van der Waals surface area contributed by atoms with Crippen LogP contribution >= 0.6 is 0 Å². The largest absolute Gasteiger partial charge is 0.481 e. The van der Waals surface area contributed by atoms with E-state index in [0.29, 0.717) is 5.69 Å². The molecule has 1 rings (SSSR count). The standard InChI is InChI=1S/C5H6N2O3/c1-3(5(8)9)4-2-10-7-6-4/h2-3H,1H3,(H,8,9). The minimum Gasteiger partial charge on any atom is -0.481 e. The first kappa shape index (κ1) is 6.73. The van der Waals surface area contributed by atoms with Gasteiger partial charge in [-0.1, -0.05) is 0 Å². The Hall–Kier alpha value is -1.39. The van der Waals surface area contributed by atoms with Gasteiger partial charge in [0, 0.05) is 5.27 Å². The molecule has 1 heterocycles. The second-order valence-electron chi connectivity index (χ2n) is 1.89. The molecule has 0 amide bonds. The van der Waals surface area contributed by atoms with Crippen LogP contribution < -0.4 is 0 Å². The summed E-state index contributed by atoms with van der Waals surface area (Å²) in [6, 6.07) is 0. The SMILES string of the molecule is CC(C(=O)O)c1conn1. The van der Waals surface area contributed by atoms with Crippen molar-refractivity contribution in [2.45, 2.75) is 12.8 Å². The van der Waals surface area contributed by atoms with Gasteiger partial charge in [-0.05, 0) is 6.92 Å². The quantitative estimate of drug-likeness (QED) is 0.640. The fourth-order valence-electron chi connectivity index (χ4n) is 0.487. The van der Waals surface area contributed by atoms with Gasteiger partial charge in [0.15, 0.2) is 0 Å². The number of hydrogen-bond acceptors (Lipinski definition) is 4. The lowest BCUT2D eigenvalue weighted by molar-refractivity contribution is -0.138. The third-order valence-corrected chi connectivity index (χ3v) is 1.19. The van der Waals surface area contributed by atoms with Crippen molar-refractivity contribution in [2.24, 2.45) is 0 Å². The van der Waals surface area contributed by atoms with Crippen molar-refractivity contribution in [3.05, 3.63) is 12.0 Å². The van der Waals surface area contributed by atoms with Crippen molar-refractivity contribution in [1.29, 1.82) is 0 Å². The molecule has 1 N–H and O–H groups in total. The van der Waals surface area contributed by atoms with E-state index in [0.717, 1.165) is 0 Å². The number of carboxylic acid groups (broad SMARTS) is 1. The van der Waals surface area contributed by atoms with E-state index < -0.39 is 11.9 Å². The third kappa shape index (κ3) is 1.12. The Kier molecular flexibility index (Phi) is 1.66. The molecule has 0 aliphatic heterocycles. The lowest BCUT2D eigenvalue weighted by Crippen LogP contribution is -2.07. The first-order valence-corrected chi connectivity index (χ1v) is 2.71. The zero-order valence-electron chi connectivity index (χ0n) is 5.31. The van der Waals surface area contributed by atoms with Gasteiger partial charge in [0.2, 0.25) is 0 Å². The summed E-state index contributed by atoms with van der Waals surface area (Å²) in [7, 11) is 0. The topological polar surface area (TPSA) is 76.2 Å². The Morgan fingerprint density at radius 1 is 1.90 bits per heavy atom. The van der Waals surface area contributed by atoms with Gasteiger partial charge in [0.25, 0.3) is 0 Å². The maximum Gasteiger partial charge on any atom is 0.312 e. The van der Waals surface area contributed by atoms with Gasteiger partial charge >= 0.3 is 5.97 Å². The van der Waals surface area contributed by atoms with E-state index in [9.17, 15) is 4.79 Å². The van der Waals surface area contributed by atoms with Crippen molar-refractivity contribution >= 4 is 5.97 Å². The predicted octanol–water partition coefficient (Wildman–Crippen LogP) is 0.258.